The standard InChI is InChI=1S/C18H14F3NO4S/c1-10-4-11(8-22)6-12(5-10)26-14-2-3-15(27(24,25)9-19)16-13(14)7-18(20,21)17(16)23/h2-6,17,23H,7,9H2,1H3. The van der Waals surface area contributed by atoms with E-state index in [-0.39, 0.29) is 17.1 Å². The van der Waals surface area contributed by atoms with E-state index in [9.17, 15) is 26.7 Å². The molecule has 0 fully saturated rings. The number of nitriles is 1. The van der Waals surface area contributed by atoms with Crippen LogP contribution in [0.15, 0.2) is 35.2 Å². The third-order valence-electron chi connectivity index (χ3n) is 4.25. The Morgan fingerprint density at radius 2 is 2.04 bits per heavy atom. The summed E-state index contributed by atoms with van der Waals surface area (Å²) in [6.45, 7) is 1.72. The number of alkyl halides is 3. The van der Waals surface area contributed by atoms with Gasteiger partial charge in [0, 0.05) is 17.5 Å². The Morgan fingerprint density at radius 3 is 2.67 bits per heavy atom. The summed E-state index contributed by atoms with van der Waals surface area (Å²) in [6.07, 6.45) is -3.34. The van der Waals surface area contributed by atoms with Crippen LogP contribution in [0.25, 0.3) is 0 Å². The molecule has 0 radical (unpaired) electrons. The van der Waals surface area contributed by atoms with Crippen molar-refractivity contribution in [2.75, 3.05) is 6.01 Å². The number of sulfone groups is 1. The topological polar surface area (TPSA) is 87.4 Å². The van der Waals surface area contributed by atoms with Gasteiger partial charge in [0.25, 0.3) is 5.92 Å². The summed E-state index contributed by atoms with van der Waals surface area (Å²) in [5.74, 6) is -3.51. The Labute approximate surface area is 153 Å². The number of rotatable bonds is 4. The molecule has 1 aliphatic rings. The van der Waals surface area contributed by atoms with Crippen LogP contribution in [0.3, 0.4) is 0 Å². The molecule has 0 saturated carbocycles. The Kier molecular flexibility index (Phi) is 4.66. The molecule has 2 aromatic rings. The van der Waals surface area contributed by atoms with Crippen molar-refractivity contribution >= 4 is 9.84 Å². The minimum Gasteiger partial charge on any atom is -0.457 e. The second kappa shape index (κ2) is 6.55. The second-order valence-electron chi connectivity index (χ2n) is 6.27. The molecular weight excluding hydrogens is 383 g/mol. The SMILES string of the molecule is Cc1cc(C#N)cc(Oc2ccc(S(=O)(=O)CF)c3c2CC(F)(F)C3O)c1. The summed E-state index contributed by atoms with van der Waals surface area (Å²) >= 11 is 0. The zero-order valence-corrected chi connectivity index (χ0v) is 14.9. The zero-order valence-electron chi connectivity index (χ0n) is 14.0. The maximum absolute atomic E-state index is 14.1. The molecule has 0 saturated heterocycles. The Bertz CT molecular complexity index is 1060. The van der Waals surface area contributed by atoms with Crippen molar-refractivity contribution in [2.45, 2.75) is 30.3 Å². The highest BCUT2D eigenvalue weighted by Gasteiger charge is 2.50. The van der Waals surface area contributed by atoms with Crippen molar-refractivity contribution in [2.24, 2.45) is 0 Å². The van der Waals surface area contributed by atoms with Gasteiger partial charge in [0.15, 0.2) is 6.01 Å². The summed E-state index contributed by atoms with van der Waals surface area (Å²) < 4.78 is 70.5. The van der Waals surface area contributed by atoms with Crippen molar-refractivity contribution < 1.29 is 31.4 Å². The molecule has 27 heavy (non-hydrogen) atoms. The molecule has 1 N–H and O–H groups in total. The van der Waals surface area contributed by atoms with Crippen molar-refractivity contribution in [1.29, 1.82) is 5.26 Å². The van der Waals surface area contributed by atoms with Crippen LogP contribution in [0.1, 0.15) is 28.4 Å². The van der Waals surface area contributed by atoms with Crippen LogP contribution < -0.4 is 4.74 Å². The fourth-order valence-corrected chi connectivity index (χ4v) is 4.04. The smallest absolute Gasteiger partial charge is 0.281 e. The number of hydrogen-bond donors (Lipinski definition) is 1. The number of aryl methyl sites for hydroxylation is 1. The van der Waals surface area contributed by atoms with Crippen molar-refractivity contribution in [1.82, 2.24) is 0 Å². The minimum atomic E-state index is -4.47. The molecule has 1 aliphatic carbocycles. The number of halogens is 3. The van der Waals surface area contributed by atoms with Gasteiger partial charge in [-0.2, -0.15) is 5.26 Å². The second-order valence-corrected chi connectivity index (χ2v) is 8.15. The predicted molar refractivity (Wildman–Crippen MR) is 89.2 cm³/mol. The van der Waals surface area contributed by atoms with E-state index in [4.69, 9.17) is 10.00 Å². The molecule has 0 amide bonds. The van der Waals surface area contributed by atoms with E-state index >= 15 is 0 Å². The van der Waals surface area contributed by atoms with E-state index < -0.39 is 44.8 Å². The lowest BCUT2D eigenvalue weighted by molar-refractivity contribution is -0.0976. The molecule has 9 heteroatoms. The van der Waals surface area contributed by atoms with E-state index in [1.165, 1.54) is 6.07 Å². The molecule has 0 spiro atoms. The fourth-order valence-electron chi connectivity index (χ4n) is 3.07. The highest BCUT2D eigenvalue weighted by atomic mass is 32.2. The molecule has 0 bridgehead atoms. The van der Waals surface area contributed by atoms with E-state index in [2.05, 4.69) is 0 Å². The largest absolute Gasteiger partial charge is 0.457 e. The van der Waals surface area contributed by atoms with Crippen LogP contribution in [-0.4, -0.2) is 25.5 Å². The van der Waals surface area contributed by atoms with Crippen molar-refractivity contribution in [3.63, 3.8) is 0 Å². The van der Waals surface area contributed by atoms with Crippen LogP contribution in [0.4, 0.5) is 13.2 Å². The number of nitrogens with zero attached hydrogens (tertiary/aromatic N) is 1. The maximum atomic E-state index is 14.1. The van der Waals surface area contributed by atoms with Crippen LogP contribution in [0.5, 0.6) is 11.5 Å². The van der Waals surface area contributed by atoms with E-state index in [0.717, 1.165) is 12.1 Å². The first kappa shape index (κ1) is 19.2. The number of aliphatic hydroxyl groups is 1. The van der Waals surface area contributed by atoms with Crippen LogP contribution in [0, 0.1) is 18.3 Å². The van der Waals surface area contributed by atoms with Gasteiger partial charge in [-0.25, -0.2) is 21.6 Å². The number of hydrogen-bond acceptors (Lipinski definition) is 5. The molecular formula is C18H14F3NO4S. The number of fused-ring (bicyclic) bond motifs is 1. The highest BCUT2D eigenvalue weighted by molar-refractivity contribution is 7.91. The molecule has 0 heterocycles. The van der Waals surface area contributed by atoms with Gasteiger partial charge in [-0.1, -0.05) is 0 Å². The van der Waals surface area contributed by atoms with Gasteiger partial charge >= 0.3 is 0 Å². The van der Waals surface area contributed by atoms with Gasteiger partial charge in [0.2, 0.25) is 9.84 Å². The number of ether oxygens (including phenoxy) is 1. The normalized spacial score (nSPS) is 18.0. The van der Waals surface area contributed by atoms with E-state index in [1.807, 2.05) is 6.07 Å². The fraction of sp³-hybridized carbons (Fsp3) is 0.278. The summed E-state index contributed by atoms with van der Waals surface area (Å²) in [5.41, 5.74) is 0.233. The summed E-state index contributed by atoms with van der Waals surface area (Å²) in [4.78, 5) is -0.681. The lowest BCUT2D eigenvalue weighted by Gasteiger charge is -2.16. The third-order valence-corrected chi connectivity index (χ3v) is 5.56. The number of benzene rings is 2. The van der Waals surface area contributed by atoms with E-state index in [0.29, 0.717) is 11.1 Å². The third kappa shape index (κ3) is 3.38. The number of aliphatic hydroxyl groups excluding tert-OH is 1. The van der Waals surface area contributed by atoms with Crippen LogP contribution in [0.2, 0.25) is 0 Å². The summed E-state index contributed by atoms with van der Waals surface area (Å²) in [6, 6.07) is 6.82. The molecule has 5 nitrogen and oxygen atoms in total. The molecule has 3 rings (SSSR count). The van der Waals surface area contributed by atoms with Crippen LogP contribution >= 0.6 is 0 Å². The van der Waals surface area contributed by atoms with Gasteiger partial charge in [0.1, 0.15) is 17.6 Å². The average Bonchev–Trinajstić information content (AvgIpc) is 2.85. The van der Waals surface area contributed by atoms with Gasteiger partial charge in [-0.3, -0.25) is 0 Å². The zero-order chi connectivity index (χ0) is 20.0. The minimum absolute atomic E-state index is 0.0893. The Hall–Kier alpha value is -2.57. The molecule has 1 unspecified atom stereocenters. The quantitative estimate of drug-likeness (QED) is 0.852. The maximum Gasteiger partial charge on any atom is 0.281 e. The molecule has 142 valence electrons. The predicted octanol–water partition coefficient (Wildman–Crippen LogP) is 3.58. The Balaban J connectivity index is 2.15. The van der Waals surface area contributed by atoms with Gasteiger partial charge in [-0.15, -0.1) is 0 Å². The monoisotopic (exact) mass is 397 g/mol. The van der Waals surface area contributed by atoms with E-state index in [1.54, 1.807) is 19.1 Å². The first-order chi connectivity index (χ1) is 12.6. The van der Waals surface area contributed by atoms with Crippen molar-refractivity contribution in [3.8, 4) is 17.6 Å². The van der Waals surface area contributed by atoms with Gasteiger partial charge in [0.05, 0.1) is 16.5 Å². The lowest BCUT2D eigenvalue weighted by Crippen LogP contribution is -2.22. The highest BCUT2D eigenvalue weighted by Crippen LogP contribution is 2.49. The van der Waals surface area contributed by atoms with Crippen LogP contribution in [-0.2, 0) is 16.3 Å². The average molecular weight is 397 g/mol. The summed E-state index contributed by atoms with van der Waals surface area (Å²) in [7, 11) is -4.47. The van der Waals surface area contributed by atoms with Crippen molar-refractivity contribution in [3.05, 3.63) is 52.6 Å². The summed E-state index contributed by atoms with van der Waals surface area (Å²) in [5, 5.41) is 19.0. The molecule has 0 aliphatic heterocycles. The first-order valence-corrected chi connectivity index (χ1v) is 9.44. The molecule has 2 aromatic carbocycles. The lowest BCUT2D eigenvalue weighted by atomic mass is 10.1. The first-order valence-electron chi connectivity index (χ1n) is 7.79. The molecule has 1 atom stereocenters. The molecule has 0 aromatic heterocycles. The van der Waals surface area contributed by atoms with Gasteiger partial charge in [-0.05, 0) is 42.8 Å². The van der Waals surface area contributed by atoms with Gasteiger partial charge < -0.3 is 9.84 Å². The Morgan fingerprint density at radius 1 is 1.33 bits per heavy atom.